The second kappa shape index (κ2) is 4.63. The Morgan fingerprint density at radius 2 is 2.10 bits per heavy atom. The molecule has 2 aromatic rings. The zero-order valence-electron chi connectivity index (χ0n) is 10.9. The predicted molar refractivity (Wildman–Crippen MR) is 72.0 cm³/mol. The number of hydrogen-bond donors (Lipinski definition) is 2. The van der Waals surface area contributed by atoms with Crippen molar-refractivity contribution in [3.63, 3.8) is 0 Å². The van der Waals surface area contributed by atoms with Gasteiger partial charge in [-0.15, -0.1) is 0 Å². The van der Waals surface area contributed by atoms with Crippen LogP contribution in [-0.4, -0.2) is 33.1 Å². The number of carbonyl (C=O) groups is 2. The first-order chi connectivity index (χ1) is 9.61. The number of nitrogens with zero attached hydrogens (tertiary/aromatic N) is 2. The summed E-state index contributed by atoms with van der Waals surface area (Å²) in [5.41, 5.74) is 0.999. The molecule has 0 radical (unpaired) electrons. The minimum Gasteiger partial charge on any atom is -0.481 e. The van der Waals surface area contributed by atoms with Gasteiger partial charge in [-0.3, -0.25) is 9.59 Å². The number of carboxylic acids is 1. The molecule has 6 heteroatoms. The SMILES string of the molecule is O=C(Cn1cnc2ccccc21)NCC1(C(=O)O)CC1. The molecule has 1 amide bonds. The minimum atomic E-state index is -0.828. The molecule has 0 bridgehead atoms. The number of para-hydroxylation sites is 2. The number of aliphatic carboxylic acids is 1. The highest BCUT2D eigenvalue weighted by Crippen LogP contribution is 2.45. The van der Waals surface area contributed by atoms with Crippen molar-refractivity contribution < 1.29 is 14.7 Å². The van der Waals surface area contributed by atoms with Crippen molar-refractivity contribution in [3.05, 3.63) is 30.6 Å². The maximum atomic E-state index is 11.9. The highest BCUT2D eigenvalue weighted by Gasteiger charge is 2.50. The third kappa shape index (κ3) is 2.24. The zero-order valence-corrected chi connectivity index (χ0v) is 10.9. The summed E-state index contributed by atoms with van der Waals surface area (Å²) in [5.74, 6) is -1.02. The molecule has 1 aromatic carbocycles. The van der Waals surface area contributed by atoms with Crippen LogP contribution in [0.3, 0.4) is 0 Å². The van der Waals surface area contributed by atoms with Crippen LogP contribution in [0.15, 0.2) is 30.6 Å². The Morgan fingerprint density at radius 3 is 2.80 bits per heavy atom. The van der Waals surface area contributed by atoms with Crippen molar-refractivity contribution in [3.8, 4) is 0 Å². The van der Waals surface area contributed by atoms with E-state index in [1.807, 2.05) is 24.3 Å². The molecule has 1 aromatic heterocycles. The van der Waals surface area contributed by atoms with E-state index in [0.29, 0.717) is 12.8 Å². The smallest absolute Gasteiger partial charge is 0.311 e. The molecule has 2 N–H and O–H groups in total. The molecule has 1 aliphatic rings. The van der Waals surface area contributed by atoms with E-state index in [2.05, 4.69) is 10.3 Å². The molecule has 0 spiro atoms. The van der Waals surface area contributed by atoms with Gasteiger partial charge in [-0.25, -0.2) is 4.98 Å². The lowest BCUT2D eigenvalue weighted by molar-refractivity contribution is -0.143. The van der Waals surface area contributed by atoms with Gasteiger partial charge in [-0.2, -0.15) is 0 Å². The number of amides is 1. The lowest BCUT2D eigenvalue weighted by atomic mass is 10.1. The minimum absolute atomic E-state index is 0.149. The molecule has 104 valence electrons. The molecule has 1 saturated carbocycles. The fraction of sp³-hybridized carbons (Fsp3) is 0.357. The molecular weight excluding hydrogens is 258 g/mol. The Hall–Kier alpha value is -2.37. The largest absolute Gasteiger partial charge is 0.481 e. The van der Waals surface area contributed by atoms with Crippen LogP contribution in [0.25, 0.3) is 11.0 Å². The van der Waals surface area contributed by atoms with Crippen LogP contribution < -0.4 is 5.32 Å². The van der Waals surface area contributed by atoms with Crippen molar-refractivity contribution in [1.29, 1.82) is 0 Å². The van der Waals surface area contributed by atoms with Crippen molar-refractivity contribution in [2.24, 2.45) is 5.41 Å². The van der Waals surface area contributed by atoms with E-state index in [4.69, 9.17) is 5.11 Å². The van der Waals surface area contributed by atoms with Crippen LogP contribution in [0.2, 0.25) is 0 Å². The highest BCUT2D eigenvalue weighted by molar-refractivity contribution is 5.82. The lowest BCUT2D eigenvalue weighted by Gasteiger charge is -2.11. The number of nitrogens with one attached hydrogen (secondary N) is 1. The van der Waals surface area contributed by atoms with E-state index in [9.17, 15) is 9.59 Å². The monoisotopic (exact) mass is 273 g/mol. The Kier molecular flexibility index (Phi) is 2.93. The number of aromatic nitrogens is 2. The van der Waals surface area contributed by atoms with E-state index in [0.717, 1.165) is 11.0 Å². The topological polar surface area (TPSA) is 84.2 Å². The van der Waals surface area contributed by atoms with E-state index < -0.39 is 11.4 Å². The van der Waals surface area contributed by atoms with Gasteiger partial charge in [0.15, 0.2) is 0 Å². The number of fused-ring (bicyclic) bond motifs is 1. The van der Waals surface area contributed by atoms with Crippen molar-refractivity contribution in [2.45, 2.75) is 19.4 Å². The standard InChI is InChI=1S/C14H15N3O3/c18-12(15-8-14(5-6-14)13(19)20)7-17-9-16-10-3-1-2-4-11(10)17/h1-4,9H,5-8H2,(H,15,18)(H,19,20). The summed E-state index contributed by atoms with van der Waals surface area (Å²) in [6, 6.07) is 7.56. The summed E-state index contributed by atoms with van der Waals surface area (Å²) in [7, 11) is 0. The molecule has 1 aliphatic carbocycles. The summed E-state index contributed by atoms with van der Waals surface area (Å²) < 4.78 is 1.75. The molecule has 0 aliphatic heterocycles. The van der Waals surface area contributed by atoms with Gasteiger partial charge in [-0.1, -0.05) is 12.1 Å². The summed E-state index contributed by atoms with van der Waals surface area (Å²) in [4.78, 5) is 27.1. The summed E-state index contributed by atoms with van der Waals surface area (Å²) >= 11 is 0. The molecule has 1 heterocycles. The van der Waals surface area contributed by atoms with Gasteiger partial charge in [0.2, 0.25) is 5.91 Å². The third-order valence-electron chi connectivity index (χ3n) is 3.77. The first-order valence-electron chi connectivity index (χ1n) is 6.51. The third-order valence-corrected chi connectivity index (χ3v) is 3.77. The van der Waals surface area contributed by atoms with Gasteiger partial charge < -0.3 is 15.0 Å². The molecule has 20 heavy (non-hydrogen) atoms. The van der Waals surface area contributed by atoms with Crippen LogP contribution in [0, 0.1) is 5.41 Å². The Morgan fingerprint density at radius 1 is 1.35 bits per heavy atom. The maximum Gasteiger partial charge on any atom is 0.311 e. The molecule has 0 atom stereocenters. The van der Waals surface area contributed by atoms with Crippen molar-refractivity contribution >= 4 is 22.9 Å². The Labute approximate surface area is 115 Å². The number of benzene rings is 1. The van der Waals surface area contributed by atoms with Gasteiger partial charge in [0.25, 0.3) is 0 Å². The molecule has 1 fully saturated rings. The van der Waals surface area contributed by atoms with Crippen LogP contribution in [-0.2, 0) is 16.1 Å². The van der Waals surface area contributed by atoms with Gasteiger partial charge in [0.05, 0.1) is 22.8 Å². The first-order valence-corrected chi connectivity index (χ1v) is 6.51. The van der Waals surface area contributed by atoms with Crippen molar-refractivity contribution in [1.82, 2.24) is 14.9 Å². The maximum absolute atomic E-state index is 11.9. The quantitative estimate of drug-likeness (QED) is 0.851. The Bertz CT molecular complexity index is 673. The van der Waals surface area contributed by atoms with Crippen LogP contribution in [0.1, 0.15) is 12.8 Å². The predicted octanol–water partition coefficient (Wildman–Crippen LogP) is 1.02. The number of carboxylic acid groups (broad SMARTS) is 1. The number of rotatable bonds is 5. The van der Waals surface area contributed by atoms with Crippen molar-refractivity contribution in [2.75, 3.05) is 6.54 Å². The van der Waals surface area contributed by atoms with Crippen LogP contribution in [0.4, 0.5) is 0 Å². The van der Waals surface area contributed by atoms with Gasteiger partial charge in [0, 0.05) is 6.54 Å². The normalized spacial score (nSPS) is 16.0. The average molecular weight is 273 g/mol. The zero-order chi connectivity index (χ0) is 14.2. The number of hydrogen-bond acceptors (Lipinski definition) is 3. The lowest BCUT2D eigenvalue weighted by Crippen LogP contribution is -2.35. The summed E-state index contributed by atoms with van der Waals surface area (Å²) in [6.45, 7) is 0.351. The fourth-order valence-corrected chi connectivity index (χ4v) is 2.23. The van der Waals surface area contributed by atoms with Gasteiger partial charge >= 0.3 is 5.97 Å². The van der Waals surface area contributed by atoms with E-state index >= 15 is 0 Å². The number of carbonyl (C=O) groups excluding carboxylic acids is 1. The van der Waals surface area contributed by atoms with E-state index in [1.54, 1.807) is 10.9 Å². The molecule has 0 unspecified atom stereocenters. The molecule has 6 nitrogen and oxygen atoms in total. The summed E-state index contributed by atoms with van der Waals surface area (Å²) in [6.07, 6.45) is 2.89. The second-order valence-electron chi connectivity index (χ2n) is 5.22. The van der Waals surface area contributed by atoms with E-state index in [-0.39, 0.29) is 19.0 Å². The number of imidazole rings is 1. The van der Waals surface area contributed by atoms with Gasteiger partial charge in [-0.05, 0) is 25.0 Å². The van der Waals surface area contributed by atoms with Crippen LogP contribution >= 0.6 is 0 Å². The fourth-order valence-electron chi connectivity index (χ4n) is 2.23. The highest BCUT2D eigenvalue weighted by atomic mass is 16.4. The molecule has 3 rings (SSSR count). The molecular formula is C14H15N3O3. The summed E-state index contributed by atoms with van der Waals surface area (Å²) in [5, 5.41) is 11.7. The average Bonchev–Trinajstić information content (AvgIpc) is 3.14. The second-order valence-corrected chi connectivity index (χ2v) is 5.22. The van der Waals surface area contributed by atoms with E-state index in [1.165, 1.54) is 0 Å². The first kappa shape index (κ1) is 12.7. The Balaban J connectivity index is 1.63. The van der Waals surface area contributed by atoms with Gasteiger partial charge in [0.1, 0.15) is 6.54 Å². The molecule has 0 saturated heterocycles. The van der Waals surface area contributed by atoms with Crippen LogP contribution in [0.5, 0.6) is 0 Å².